The van der Waals surface area contributed by atoms with Crippen molar-refractivity contribution in [2.45, 2.75) is 45.2 Å². The predicted molar refractivity (Wildman–Crippen MR) is 59.9 cm³/mol. The van der Waals surface area contributed by atoms with E-state index in [9.17, 15) is 0 Å². The van der Waals surface area contributed by atoms with Gasteiger partial charge in [-0.25, -0.2) is 4.98 Å². The van der Waals surface area contributed by atoms with Crippen molar-refractivity contribution in [2.24, 2.45) is 0 Å². The molecule has 0 aliphatic carbocycles. The van der Waals surface area contributed by atoms with Gasteiger partial charge in [-0.05, 0) is 18.8 Å². The van der Waals surface area contributed by atoms with Crippen LogP contribution in [0.3, 0.4) is 0 Å². The van der Waals surface area contributed by atoms with Crippen LogP contribution in [0.4, 0.5) is 0 Å². The lowest BCUT2D eigenvalue weighted by atomic mass is 10.1. The monoisotopic (exact) mass is 205 g/mol. The third-order valence-corrected chi connectivity index (χ3v) is 3.73. The zero-order valence-corrected chi connectivity index (χ0v) is 9.61. The van der Waals surface area contributed by atoms with Crippen molar-refractivity contribution >= 4 is 0 Å². The lowest BCUT2D eigenvalue weighted by molar-refractivity contribution is 0.208. The summed E-state index contributed by atoms with van der Waals surface area (Å²) in [5, 5.41) is 0. The number of rotatable bonds is 1. The summed E-state index contributed by atoms with van der Waals surface area (Å²) in [4.78, 5) is 7.31. The summed E-state index contributed by atoms with van der Waals surface area (Å²) in [6.45, 7) is 8.01. The molecule has 0 saturated carbocycles. The minimum Gasteiger partial charge on any atom is -0.330 e. The Balaban J connectivity index is 2.01. The van der Waals surface area contributed by atoms with Gasteiger partial charge in [-0.1, -0.05) is 13.8 Å². The van der Waals surface area contributed by atoms with Crippen molar-refractivity contribution in [3.63, 3.8) is 0 Å². The maximum absolute atomic E-state index is 4.77. The number of hydrogen-bond donors (Lipinski definition) is 0. The third kappa shape index (κ3) is 1.49. The molecule has 0 aromatic carbocycles. The number of nitrogens with zero attached hydrogens (tertiary/aromatic N) is 3. The van der Waals surface area contributed by atoms with Gasteiger partial charge >= 0.3 is 0 Å². The van der Waals surface area contributed by atoms with E-state index < -0.39 is 0 Å². The van der Waals surface area contributed by atoms with Crippen molar-refractivity contribution in [2.75, 3.05) is 13.1 Å². The quantitative estimate of drug-likeness (QED) is 0.700. The van der Waals surface area contributed by atoms with Crippen molar-refractivity contribution in [1.29, 1.82) is 0 Å². The fraction of sp³-hybridized carbons (Fsp3) is 0.750. The zero-order chi connectivity index (χ0) is 10.4. The molecule has 3 nitrogen and oxygen atoms in total. The van der Waals surface area contributed by atoms with Gasteiger partial charge in [-0.15, -0.1) is 0 Å². The number of piperidine rings is 1. The van der Waals surface area contributed by atoms with Crippen LogP contribution < -0.4 is 0 Å². The van der Waals surface area contributed by atoms with Gasteiger partial charge in [0.15, 0.2) is 0 Å². The standard InChI is InChI=1S/C12H19N3/c1-9(2)11-7-15-10-3-5-14(6-4-10)8-12(15)13-11/h7,9-10H,3-6,8H2,1-2H3. The molecule has 0 spiro atoms. The van der Waals surface area contributed by atoms with Gasteiger partial charge in [-0.3, -0.25) is 4.90 Å². The van der Waals surface area contributed by atoms with E-state index in [1.807, 2.05) is 0 Å². The zero-order valence-electron chi connectivity index (χ0n) is 9.61. The maximum atomic E-state index is 4.77. The van der Waals surface area contributed by atoms with Gasteiger partial charge in [0, 0.05) is 25.3 Å². The van der Waals surface area contributed by atoms with Crippen LogP contribution in [-0.4, -0.2) is 27.5 Å². The number of fused-ring (bicyclic) bond motifs is 2. The van der Waals surface area contributed by atoms with Crippen LogP contribution in [0.1, 0.15) is 50.2 Å². The molecule has 4 rings (SSSR count). The van der Waals surface area contributed by atoms with Crippen molar-refractivity contribution in [3.8, 4) is 0 Å². The van der Waals surface area contributed by atoms with Crippen LogP contribution in [0, 0.1) is 0 Å². The van der Waals surface area contributed by atoms with E-state index in [1.165, 1.54) is 37.4 Å². The van der Waals surface area contributed by atoms with Crippen LogP contribution in [0.5, 0.6) is 0 Å². The molecule has 3 aliphatic rings. The van der Waals surface area contributed by atoms with Gasteiger partial charge in [0.1, 0.15) is 5.82 Å². The van der Waals surface area contributed by atoms with Crippen molar-refractivity contribution < 1.29 is 0 Å². The molecule has 0 unspecified atom stereocenters. The summed E-state index contributed by atoms with van der Waals surface area (Å²) >= 11 is 0. The molecule has 1 aromatic heterocycles. The van der Waals surface area contributed by atoms with Crippen LogP contribution in [0.2, 0.25) is 0 Å². The van der Waals surface area contributed by atoms with Crippen LogP contribution >= 0.6 is 0 Å². The first-order chi connectivity index (χ1) is 7.24. The molecule has 82 valence electrons. The van der Waals surface area contributed by atoms with E-state index in [-0.39, 0.29) is 0 Å². The topological polar surface area (TPSA) is 21.1 Å². The van der Waals surface area contributed by atoms with Crippen LogP contribution in [0.15, 0.2) is 6.20 Å². The molecule has 0 N–H and O–H groups in total. The van der Waals surface area contributed by atoms with Crippen molar-refractivity contribution in [3.05, 3.63) is 17.7 Å². The largest absolute Gasteiger partial charge is 0.330 e. The fourth-order valence-electron chi connectivity index (χ4n) is 2.72. The summed E-state index contributed by atoms with van der Waals surface area (Å²) in [6, 6.07) is 0.721. The summed E-state index contributed by atoms with van der Waals surface area (Å²) in [7, 11) is 0. The molecule has 1 saturated heterocycles. The Labute approximate surface area is 91.1 Å². The number of aromatic nitrogens is 2. The highest BCUT2D eigenvalue weighted by Crippen LogP contribution is 2.30. The van der Waals surface area contributed by atoms with E-state index in [4.69, 9.17) is 4.98 Å². The highest BCUT2D eigenvalue weighted by Gasteiger charge is 2.28. The Morgan fingerprint density at radius 2 is 2.07 bits per heavy atom. The average Bonchev–Trinajstić information content (AvgIpc) is 2.51. The average molecular weight is 205 g/mol. The molecule has 4 heterocycles. The molecule has 0 radical (unpaired) electrons. The van der Waals surface area contributed by atoms with Gasteiger partial charge in [0.25, 0.3) is 0 Å². The molecular weight excluding hydrogens is 186 g/mol. The maximum Gasteiger partial charge on any atom is 0.123 e. The van der Waals surface area contributed by atoms with Gasteiger partial charge in [0.2, 0.25) is 0 Å². The van der Waals surface area contributed by atoms with E-state index in [0.29, 0.717) is 5.92 Å². The van der Waals surface area contributed by atoms with E-state index in [1.54, 1.807) is 0 Å². The van der Waals surface area contributed by atoms with E-state index in [0.717, 1.165) is 12.6 Å². The fourth-order valence-corrected chi connectivity index (χ4v) is 2.72. The van der Waals surface area contributed by atoms with Gasteiger partial charge < -0.3 is 4.57 Å². The Kier molecular flexibility index (Phi) is 2.09. The summed E-state index contributed by atoms with van der Waals surface area (Å²) in [5.41, 5.74) is 1.26. The Bertz CT molecular complexity index is 359. The molecule has 1 aromatic rings. The number of imidazole rings is 1. The lowest BCUT2D eigenvalue weighted by Crippen LogP contribution is -2.29. The second-order valence-electron chi connectivity index (χ2n) is 5.15. The first kappa shape index (κ1) is 9.40. The number of hydrogen-bond acceptors (Lipinski definition) is 2. The normalized spacial score (nSPS) is 29.3. The predicted octanol–water partition coefficient (Wildman–Crippen LogP) is 2.16. The molecule has 3 aliphatic heterocycles. The molecule has 1 fully saturated rings. The molecule has 3 heteroatoms. The van der Waals surface area contributed by atoms with Crippen molar-refractivity contribution in [1.82, 2.24) is 14.5 Å². The summed E-state index contributed by atoms with van der Waals surface area (Å²) in [5.74, 6) is 1.84. The SMILES string of the molecule is CC(C)c1cn2c(n1)CN1CCC2CC1. The smallest absolute Gasteiger partial charge is 0.123 e. The molecule has 2 bridgehead atoms. The van der Waals surface area contributed by atoms with Gasteiger partial charge in [-0.2, -0.15) is 0 Å². The second kappa shape index (κ2) is 3.34. The van der Waals surface area contributed by atoms with Crippen LogP contribution in [0.25, 0.3) is 0 Å². The first-order valence-electron chi connectivity index (χ1n) is 6.04. The third-order valence-electron chi connectivity index (χ3n) is 3.73. The highest BCUT2D eigenvalue weighted by atomic mass is 15.2. The Hall–Kier alpha value is -0.830. The minimum atomic E-state index is 0.554. The highest BCUT2D eigenvalue weighted by molar-refractivity contribution is 5.11. The molecule has 0 amide bonds. The Morgan fingerprint density at radius 3 is 2.73 bits per heavy atom. The Morgan fingerprint density at radius 1 is 1.33 bits per heavy atom. The lowest BCUT2D eigenvalue weighted by Gasteiger charge is -2.26. The molecular formula is C12H19N3. The first-order valence-corrected chi connectivity index (χ1v) is 6.04. The minimum absolute atomic E-state index is 0.554. The van der Waals surface area contributed by atoms with Gasteiger partial charge in [0.05, 0.1) is 12.2 Å². The van der Waals surface area contributed by atoms with E-state index >= 15 is 0 Å². The summed E-state index contributed by atoms with van der Waals surface area (Å²) in [6.07, 6.45) is 4.90. The van der Waals surface area contributed by atoms with Crippen LogP contribution in [-0.2, 0) is 6.54 Å². The molecule has 0 atom stereocenters. The second-order valence-corrected chi connectivity index (χ2v) is 5.15. The molecule has 15 heavy (non-hydrogen) atoms. The van der Waals surface area contributed by atoms with E-state index in [2.05, 4.69) is 29.5 Å². The summed E-state index contributed by atoms with van der Waals surface area (Å²) < 4.78 is 2.45.